The Morgan fingerprint density at radius 2 is 1.85 bits per heavy atom. The van der Waals surface area contributed by atoms with Crippen molar-refractivity contribution < 1.29 is 9.18 Å². The van der Waals surface area contributed by atoms with Crippen LogP contribution < -0.4 is 10.2 Å². The van der Waals surface area contributed by atoms with E-state index in [0.717, 1.165) is 25.3 Å². The third-order valence-electron chi connectivity index (χ3n) is 4.74. The molecule has 1 aromatic heterocycles. The van der Waals surface area contributed by atoms with Gasteiger partial charge in [-0.25, -0.2) is 14.4 Å². The molecule has 2 heterocycles. The summed E-state index contributed by atoms with van der Waals surface area (Å²) in [4.78, 5) is 23.0. The molecule has 27 heavy (non-hydrogen) atoms. The number of halogens is 1. The normalized spacial score (nSPS) is 13.1. The van der Waals surface area contributed by atoms with Crippen molar-refractivity contribution in [2.75, 3.05) is 11.4 Å². The van der Waals surface area contributed by atoms with Crippen LogP contribution in [0.25, 0.3) is 0 Å². The molecule has 1 N–H and O–H groups in total. The van der Waals surface area contributed by atoms with Crippen LogP contribution in [0.5, 0.6) is 0 Å². The minimum absolute atomic E-state index is 0.113. The largest absolute Gasteiger partial charge is 0.352 e. The van der Waals surface area contributed by atoms with Crippen molar-refractivity contribution in [3.05, 3.63) is 89.1 Å². The van der Waals surface area contributed by atoms with Crippen LogP contribution in [0.1, 0.15) is 27.2 Å². The number of nitrogens with zero attached hydrogens (tertiary/aromatic N) is 3. The van der Waals surface area contributed by atoms with E-state index in [4.69, 9.17) is 0 Å². The Morgan fingerprint density at radius 1 is 1.07 bits per heavy atom. The van der Waals surface area contributed by atoms with Crippen LogP contribution in [0.2, 0.25) is 0 Å². The molecule has 0 saturated carbocycles. The van der Waals surface area contributed by atoms with E-state index in [1.54, 1.807) is 24.3 Å². The van der Waals surface area contributed by atoms with E-state index in [0.29, 0.717) is 5.56 Å². The molecular weight excluding hydrogens is 343 g/mol. The van der Waals surface area contributed by atoms with Crippen LogP contribution in [0.15, 0.2) is 60.9 Å². The number of benzene rings is 2. The molecule has 0 aliphatic carbocycles. The van der Waals surface area contributed by atoms with E-state index in [-0.39, 0.29) is 24.0 Å². The van der Waals surface area contributed by atoms with Gasteiger partial charge in [0, 0.05) is 31.3 Å². The predicted octanol–water partition coefficient (Wildman–Crippen LogP) is 3.11. The molecule has 0 atom stereocenters. The Kier molecular flexibility index (Phi) is 4.78. The Morgan fingerprint density at radius 3 is 2.70 bits per heavy atom. The molecule has 0 unspecified atom stereocenters. The second-order valence-electron chi connectivity index (χ2n) is 6.48. The van der Waals surface area contributed by atoms with Crippen molar-refractivity contribution in [2.24, 2.45) is 0 Å². The van der Waals surface area contributed by atoms with Gasteiger partial charge in [0.25, 0.3) is 5.91 Å². The first-order chi connectivity index (χ1) is 13.2. The van der Waals surface area contributed by atoms with Gasteiger partial charge < -0.3 is 10.2 Å². The molecule has 0 bridgehead atoms. The third-order valence-corrected chi connectivity index (χ3v) is 4.74. The number of hydrogen-bond acceptors (Lipinski definition) is 4. The first kappa shape index (κ1) is 17.1. The lowest BCUT2D eigenvalue weighted by Gasteiger charge is -2.29. The summed E-state index contributed by atoms with van der Waals surface area (Å²) >= 11 is 0. The van der Waals surface area contributed by atoms with E-state index >= 15 is 0 Å². The minimum Gasteiger partial charge on any atom is -0.352 e. The van der Waals surface area contributed by atoms with Gasteiger partial charge in [0.15, 0.2) is 0 Å². The van der Waals surface area contributed by atoms with Crippen LogP contribution in [0.4, 0.5) is 10.2 Å². The zero-order chi connectivity index (χ0) is 18.6. The lowest BCUT2D eigenvalue weighted by Crippen LogP contribution is -2.31. The highest BCUT2D eigenvalue weighted by molar-refractivity contribution is 5.92. The molecule has 136 valence electrons. The standard InChI is InChI=1S/C21H19FN4O/c22-18-8-4-3-6-16(18)12-23-21(27)19-11-20(25-14-24-19)26-10-9-15-5-1-2-7-17(15)13-26/h1-8,11,14H,9-10,12-13H2,(H,23,27). The number of hydrogen-bond donors (Lipinski definition) is 1. The van der Waals surface area contributed by atoms with Crippen molar-refractivity contribution in [3.63, 3.8) is 0 Å². The molecule has 0 radical (unpaired) electrons. The summed E-state index contributed by atoms with van der Waals surface area (Å²) in [6.07, 6.45) is 2.34. The van der Waals surface area contributed by atoms with Gasteiger partial charge in [-0.3, -0.25) is 4.79 Å². The van der Waals surface area contributed by atoms with Gasteiger partial charge in [-0.1, -0.05) is 42.5 Å². The molecule has 6 heteroatoms. The fraction of sp³-hybridized carbons (Fsp3) is 0.190. The van der Waals surface area contributed by atoms with Crippen LogP contribution in [-0.2, 0) is 19.5 Å². The highest BCUT2D eigenvalue weighted by Gasteiger charge is 2.18. The summed E-state index contributed by atoms with van der Waals surface area (Å²) in [7, 11) is 0. The number of carbonyl (C=O) groups is 1. The van der Waals surface area contributed by atoms with Gasteiger partial charge in [0.2, 0.25) is 0 Å². The van der Waals surface area contributed by atoms with Gasteiger partial charge in [-0.05, 0) is 23.6 Å². The topological polar surface area (TPSA) is 58.1 Å². The molecule has 1 amide bonds. The smallest absolute Gasteiger partial charge is 0.270 e. The molecular formula is C21H19FN4O. The second-order valence-corrected chi connectivity index (χ2v) is 6.48. The SMILES string of the molecule is O=C(NCc1ccccc1F)c1cc(N2CCc3ccccc3C2)ncn1. The summed E-state index contributed by atoms with van der Waals surface area (Å²) in [5.41, 5.74) is 3.33. The van der Waals surface area contributed by atoms with Gasteiger partial charge in [0.1, 0.15) is 23.7 Å². The van der Waals surface area contributed by atoms with Crippen LogP contribution in [-0.4, -0.2) is 22.4 Å². The first-order valence-electron chi connectivity index (χ1n) is 8.86. The Bertz CT molecular complexity index is 976. The molecule has 0 saturated heterocycles. The minimum atomic E-state index is -0.348. The number of anilines is 1. The average Bonchev–Trinajstić information content (AvgIpc) is 2.72. The lowest BCUT2D eigenvalue weighted by atomic mass is 10.00. The molecule has 1 aliphatic rings. The number of carbonyl (C=O) groups excluding carboxylic acids is 1. The number of nitrogens with one attached hydrogen (secondary N) is 1. The van der Waals surface area contributed by atoms with E-state index in [1.807, 2.05) is 6.07 Å². The van der Waals surface area contributed by atoms with Crippen molar-refractivity contribution in [2.45, 2.75) is 19.5 Å². The highest BCUT2D eigenvalue weighted by Crippen LogP contribution is 2.23. The Labute approximate surface area is 156 Å². The molecule has 5 nitrogen and oxygen atoms in total. The van der Waals surface area contributed by atoms with E-state index in [9.17, 15) is 9.18 Å². The van der Waals surface area contributed by atoms with Crippen molar-refractivity contribution in [1.82, 2.24) is 15.3 Å². The van der Waals surface area contributed by atoms with Gasteiger partial charge in [0.05, 0.1) is 0 Å². The summed E-state index contributed by atoms with van der Waals surface area (Å²) in [5.74, 6) is 0.0306. The zero-order valence-electron chi connectivity index (χ0n) is 14.7. The first-order valence-corrected chi connectivity index (χ1v) is 8.86. The number of amides is 1. The highest BCUT2D eigenvalue weighted by atomic mass is 19.1. The molecule has 1 aliphatic heterocycles. The maximum absolute atomic E-state index is 13.7. The summed E-state index contributed by atoms with van der Waals surface area (Å²) in [5, 5.41) is 2.71. The molecule has 3 aromatic rings. The number of rotatable bonds is 4. The molecule has 2 aromatic carbocycles. The molecule has 0 spiro atoms. The average molecular weight is 362 g/mol. The van der Waals surface area contributed by atoms with Gasteiger partial charge in [-0.15, -0.1) is 0 Å². The molecule has 4 rings (SSSR count). The van der Waals surface area contributed by atoms with Gasteiger partial charge >= 0.3 is 0 Å². The van der Waals surface area contributed by atoms with Crippen molar-refractivity contribution in [1.29, 1.82) is 0 Å². The summed E-state index contributed by atoms with van der Waals surface area (Å²) in [6.45, 7) is 1.70. The quantitative estimate of drug-likeness (QED) is 0.775. The summed E-state index contributed by atoms with van der Waals surface area (Å²) < 4.78 is 13.7. The maximum atomic E-state index is 13.7. The lowest BCUT2D eigenvalue weighted by molar-refractivity contribution is 0.0945. The Balaban J connectivity index is 1.46. The fourth-order valence-electron chi connectivity index (χ4n) is 3.24. The Hall–Kier alpha value is -3.28. The number of fused-ring (bicyclic) bond motifs is 1. The predicted molar refractivity (Wildman–Crippen MR) is 101 cm³/mol. The monoisotopic (exact) mass is 362 g/mol. The van der Waals surface area contributed by atoms with E-state index in [1.165, 1.54) is 23.5 Å². The van der Waals surface area contributed by atoms with E-state index in [2.05, 4.69) is 38.4 Å². The maximum Gasteiger partial charge on any atom is 0.270 e. The molecule has 0 fully saturated rings. The zero-order valence-corrected chi connectivity index (χ0v) is 14.7. The van der Waals surface area contributed by atoms with Crippen molar-refractivity contribution in [3.8, 4) is 0 Å². The van der Waals surface area contributed by atoms with Gasteiger partial charge in [-0.2, -0.15) is 0 Å². The second kappa shape index (κ2) is 7.53. The van der Waals surface area contributed by atoms with Crippen LogP contribution in [0.3, 0.4) is 0 Å². The van der Waals surface area contributed by atoms with Crippen LogP contribution in [0, 0.1) is 5.82 Å². The third kappa shape index (κ3) is 3.79. The van der Waals surface area contributed by atoms with Crippen LogP contribution >= 0.6 is 0 Å². The summed E-state index contributed by atoms with van der Waals surface area (Å²) in [6, 6.07) is 16.4. The number of aromatic nitrogens is 2. The fourth-order valence-corrected chi connectivity index (χ4v) is 3.24. The van der Waals surface area contributed by atoms with Crippen molar-refractivity contribution >= 4 is 11.7 Å². The van der Waals surface area contributed by atoms with E-state index < -0.39 is 0 Å².